The molecule has 0 saturated carbocycles. The number of primary amides is 1. The van der Waals surface area contributed by atoms with Crippen LogP contribution in [0.4, 0.5) is 4.39 Å². The van der Waals surface area contributed by atoms with Crippen molar-refractivity contribution in [2.24, 2.45) is 11.7 Å². The number of carbonyl (C=O) groups is 2. The number of carbonyl (C=O) groups excluding carboxylic acids is 2. The normalized spacial score (nSPS) is 21.6. The first-order chi connectivity index (χ1) is 13.4. The van der Waals surface area contributed by atoms with E-state index in [-0.39, 0.29) is 12.2 Å². The molecule has 3 atom stereocenters. The standard InChI is InChI=1S/C20H24FN3O4/c1-4-10-8-23-20(28-9-15-11(5-2)17(21)19(26)24-15)13-7-16(27-3)14(18(22)25)6-12(10)13/h6-8,11,15,17H,4-5,9H2,1-3H3,(H2,22,25)(H,24,26). The highest BCUT2D eigenvalue weighted by atomic mass is 19.1. The SMILES string of the molecule is CCc1cnc(OCC2NC(=O)C(F)C2CC)c2cc(OC)c(C(N)=O)cc12. The largest absolute Gasteiger partial charge is 0.496 e. The molecule has 0 spiro atoms. The van der Waals surface area contributed by atoms with E-state index in [1.165, 1.54) is 7.11 Å². The van der Waals surface area contributed by atoms with Crippen LogP contribution in [0.3, 0.4) is 0 Å². The maximum atomic E-state index is 14.0. The Morgan fingerprint density at radius 1 is 1.32 bits per heavy atom. The number of amides is 2. The van der Waals surface area contributed by atoms with Gasteiger partial charge in [0.05, 0.1) is 18.7 Å². The van der Waals surface area contributed by atoms with Gasteiger partial charge in [0.2, 0.25) is 5.88 Å². The van der Waals surface area contributed by atoms with Gasteiger partial charge in [-0.2, -0.15) is 0 Å². The Kier molecular flexibility index (Phi) is 5.67. The summed E-state index contributed by atoms with van der Waals surface area (Å²) >= 11 is 0. The zero-order chi connectivity index (χ0) is 20.4. The summed E-state index contributed by atoms with van der Waals surface area (Å²) in [6.07, 6.45) is 1.38. The molecule has 1 aromatic carbocycles. The minimum Gasteiger partial charge on any atom is -0.496 e. The van der Waals surface area contributed by atoms with Crippen LogP contribution in [0.15, 0.2) is 18.3 Å². The second-order valence-electron chi connectivity index (χ2n) is 6.80. The molecule has 1 aliphatic heterocycles. The Hall–Kier alpha value is -2.90. The van der Waals surface area contributed by atoms with Crippen LogP contribution in [-0.4, -0.2) is 42.7 Å². The molecule has 1 fully saturated rings. The second kappa shape index (κ2) is 8.00. The fraction of sp³-hybridized carbons (Fsp3) is 0.450. The third-order valence-electron chi connectivity index (χ3n) is 5.24. The molecule has 0 aliphatic carbocycles. The lowest BCUT2D eigenvalue weighted by molar-refractivity contribution is -0.123. The molecule has 2 aromatic rings. The number of benzene rings is 1. The fourth-order valence-corrected chi connectivity index (χ4v) is 3.65. The lowest BCUT2D eigenvalue weighted by Gasteiger charge is -2.19. The number of rotatable bonds is 7. The quantitative estimate of drug-likeness (QED) is 0.755. The number of ether oxygens (including phenoxy) is 2. The molecule has 1 saturated heterocycles. The Bertz CT molecular complexity index is 918. The molecule has 2 heterocycles. The predicted octanol–water partition coefficient (Wildman–Crippen LogP) is 2.15. The molecule has 0 radical (unpaired) electrons. The highest BCUT2D eigenvalue weighted by Gasteiger charge is 2.41. The summed E-state index contributed by atoms with van der Waals surface area (Å²) in [7, 11) is 1.45. The molecular weight excluding hydrogens is 365 g/mol. The topological polar surface area (TPSA) is 104 Å². The first kappa shape index (κ1) is 19.9. The van der Waals surface area contributed by atoms with Crippen LogP contribution in [0.2, 0.25) is 0 Å². The summed E-state index contributed by atoms with van der Waals surface area (Å²) in [5, 5.41) is 4.09. The number of nitrogens with zero attached hydrogens (tertiary/aromatic N) is 1. The van der Waals surface area contributed by atoms with Crippen LogP contribution < -0.4 is 20.5 Å². The lowest BCUT2D eigenvalue weighted by Crippen LogP contribution is -2.34. The van der Waals surface area contributed by atoms with Crippen molar-refractivity contribution in [2.45, 2.75) is 38.9 Å². The Labute approximate surface area is 162 Å². The summed E-state index contributed by atoms with van der Waals surface area (Å²) in [6.45, 7) is 3.91. The minimum absolute atomic E-state index is 0.0954. The molecule has 8 heteroatoms. The van der Waals surface area contributed by atoms with Crippen LogP contribution in [0.5, 0.6) is 11.6 Å². The van der Waals surface area contributed by atoms with E-state index in [9.17, 15) is 14.0 Å². The number of methoxy groups -OCH3 is 1. The number of nitrogens with one attached hydrogen (secondary N) is 1. The number of pyridine rings is 1. The van der Waals surface area contributed by atoms with Crippen molar-refractivity contribution in [3.8, 4) is 11.6 Å². The monoisotopic (exact) mass is 389 g/mol. The van der Waals surface area contributed by atoms with Crippen molar-refractivity contribution in [3.63, 3.8) is 0 Å². The van der Waals surface area contributed by atoms with E-state index < -0.39 is 29.9 Å². The van der Waals surface area contributed by atoms with Crippen LogP contribution >= 0.6 is 0 Å². The Balaban J connectivity index is 1.97. The molecule has 3 rings (SSSR count). The molecule has 28 heavy (non-hydrogen) atoms. The van der Waals surface area contributed by atoms with Crippen molar-refractivity contribution in [3.05, 3.63) is 29.5 Å². The number of aromatic nitrogens is 1. The molecule has 0 bridgehead atoms. The zero-order valence-electron chi connectivity index (χ0n) is 16.1. The molecule has 3 unspecified atom stereocenters. The number of hydrogen-bond acceptors (Lipinski definition) is 5. The lowest BCUT2D eigenvalue weighted by atomic mass is 9.97. The van der Waals surface area contributed by atoms with Gasteiger partial charge in [-0.15, -0.1) is 0 Å². The van der Waals surface area contributed by atoms with Crippen LogP contribution in [0.1, 0.15) is 36.2 Å². The summed E-state index contributed by atoms with van der Waals surface area (Å²) < 4.78 is 25.1. The molecule has 150 valence electrons. The van der Waals surface area contributed by atoms with Gasteiger partial charge < -0.3 is 20.5 Å². The number of alkyl halides is 1. The predicted molar refractivity (Wildman–Crippen MR) is 102 cm³/mol. The van der Waals surface area contributed by atoms with Gasteiger partial charge in [-0.05, 0) is 35.9 Å². The fourth-order valence-electron chi connectivity index (χ4n) is 3.65. The summed E-state index contributed by atoms with van der Waals surface area (Å²) in [6, 6.07) is 2.91. The third-order valence-corrected chi connectivity index (χ3v) is 5.24. The number of fused-ring (bicyclic) bond motifs is 1. The molecular formula is C20H24FN3O4. The highest BCUT2D eigenvalue weighted by Crippen LogP contribution is 2.33. The Morgan fingerprint density at radius 3 is 2.68 bits per heavy atom. The van der Waals surface area contributed by atoms with Gasteiger partial charge in [0.15, 0.2) is 6.17 Å². The van der Waals surface area contributed by atoms with E-state index in [0.29, 0.717) is 29.9 Å². The molecule has 3 N–H and O–H groups in total. The van der Waals surface area contributed by atoms with E-state index in [2.05, 4.69) is 10.3 Å². The highest BCUT2D eigenvalue weighted by molar-refractivity contribution is 6.02. The van der Waals surface area contributed by atoms with Gasteiger partial charge in [0, 0.05) is 17.5 Å². The van der Waals surface area contributed by atoms with Gasteiger partial charge in [-0.3, -0.25) is 9.59 Å². The summed E-state index contributed by atoms with van der Waals surface area (Å²) in [5.41, 5.74) is 6.67. The average Bonchev–Trinajstić information content (AvgIpc) is 2.97. The number of aryl methyl sites for hydroxylation is 1. The Morgan fingerprint density at radius 2 is 2.07 bits per heavy atom. The first-order valence-electron chi connectivity index (χ1n) is 9.27. The van der Waals surface area contributed by atoms with Crippen molar-refractivity contribution in [1.29, 1.82) is 0 Å². The third kappa shape index (κ3) is 3.46. The average molecular weight is 389 g/mol. The molecule has 2 amide bonds. The van der Waals surface area contributed by atoms with Crippen molar-refractivity contribution in [1.82, 2.24) is 10.3 Å². The molecule has 1 aromatic heterocycles. The van der Waals surface area contributed by atoms with E-state index in [0.717, 1.165) is 10.9 Å². The maximum Gasteiger partial charge on any atom is 0.255 e. The summed E-state index contributed by atoms with van der Waals surface area (Å²) in [4.78, 5) is 27.8. The smallest absolute Gasteiger partial charge is 0.255 e. The van der Waals surface area contributed by atoms with E-state index in [4.69, 9.17) is 15.2 Å². The molecule has 7 nitrogen and oxygen atoms in total. The van der Waals surface area contributed by atoms with Crippen molar-refractivity contribution >= 4 is 22.6 Å². The number of hydrogen-bond donors (Lipinski definition) is 2. The summed E-state index contributed by atoms with van der Waals surface area (Å²) in [5.74, 6) is -0.983. The van der Waals surface area contributed by atoms with Crippen LogP contribution in [0.25, 0.3) is 10.8 Å². The van der Waals surface area contributed by atoms with Gasteiger partial charge >= 0.3 is 0 Å². The van der Waals surface area contributed by atoms with E-state index in [1.54, 1.807) is 18.3 Å². The number of halogens is 1. The number of nitrogens with two attached hydrogens (primary N) is 1. The van der Waals surface area contributed by atoms with Crippen LogP contribution in [-0.2, 0) is 11.2 Å². The van der Waals surface area contributed by atoms with E-state index in [1.807, 2.05) is 13.8 Å². The van der Waals surface area contributed by atoms with Crippen molar-refractivity contribution < 1.29 is 23.5 Å². The van der Waals surface area contributed by atoms with Crippen molar-refractivity contribution in [2.75, 3.05) is 13.7 Å². The molecule has 1 aliphatic rings. The maximum absolute atomic E-state index is 14.0. The zero-order valence-corrected chi connectivity index (χ0v) is 16.1. The van der Waals surface area contributed by atoms with Gasteiger partial charge in [-0.25, -0.2) is 9.37 Å². The van der Waals surface area contributed by atoms with Gasteiger partial charge in [0.1, 0.15) is 12.4 Å². The van der Waals surface area contributed by atoms with Gasteiger partial charge in [0.25, 0.3) is 11.8 Å². The van der Waals surface area contributed by atoms with Crippen LogP contribution in [0, 0.1) is 5.92 Å². The second-order valence-corrected chi connectivity index (χ2v) is 6.80. The van der Waals surface area contributed by atoms with Gasteiger partial charge in [-0.1, -0.05) is 13.8 Å². The first-order valence-corrected chi connectivity index (χ1v) is 9.27. The minimum atomic E-state index is -1.52. The van der Waals surface area contributed by atoms with E-state index >= 15 is 0 Å².